The first-order valence-corrected chi connectivity index (χ1v) is 11.6. The number of aromatic nitrogens is 4. The van der Waals surface area contributed by atoms with Crippen LogP contribution in [0.5, 0.6) is 0 Å². The number of thiazole rings is 1. The van der Waals surface area contributed by atoms with Crippen LogP contribution in [0, 0.1) is 0 Å². The van der Waals surface area contributed by atoms with Crippen molar-refractivity contribution in [2.75, 3.05) is 31.7 Å². The standard InChI is InChI=1S/C23H22N6O4S/c1-29-19-5-3-15(21(31)24-6-8-32-9-7-30)10-17(19)26-22(29)28-23-27-16-4-2-14(11-20(16)33-23)18-12-34-13-25-18/h2-5,10-13,30H,6-9H2,1H3,(H,24,31)(H,26,27,28). The summed E-state index contributed by atoms with van der Waals surface area (Å²) in [7, 11) is 1.87. The molecule has 10 nitrogen and oxygen atoms in total. The summed E-state index contributed by atoms with van der Waals surface area (Å²) >= 11 is 1.54. The molecule has 3 heterocycles. The monoisotopic (exact) mass is 478 g/mol. The Morgan fingerprint density at radius 1 is 1.18 bits per heavy atom. The van der Waals surface area contributed by atoms with E-state index in [0.717, 1.165) is 22.3 Å². The lowest BCUT2D eigenvalue weighted by Gasteiger charge is -2.06. The molecule has 0 aliphatic heterocycles. The zero-order valence-corrected chi connectivity index (χ0v) is 19.1. The number of hydrogen-bond donors (Lipinski definition) is 3. The van der Waals surface area contributed by atoms with Gasteiger partial charge in [0.25, 0.3) is 5.91 Å². The highest BCUT2D eigenvalue weighted by atomic mass is 32.1. The van der Waals surface area contributed by atoms with Crippen molar-refractivity contribution in [3.8, 4) is 11.3 Å². The number of amides is 1. The second-order valence-corrected chi connectivity index (χ2v) is 8.21. The van der Waals surface area contributed by atoms with E-state index in [9.17, 15) is 4.79 Å². The molecule has 0 radical (unpaired) electrons. The molecule has 0 bridgehead atoms. The minimum absolute atomic E-state index is 0.0438. The molecule has 0 fully saturated rings. The van der Waals surface area contributed by atoms with E-state index >= 15 is 0 Å². The largest absolute Gasteiger partial charge is 0.423 e. The molecule has 0 spiro atoms. The fourth-order valence-corrected chi connectivity index (χ4v) is 4.11. The van der Waals surface area contributed by atoms with Crippen LogP contribution >= 0.6 is 11.3 Å². The smallest absolute Gasteiger partial charge is 0.302 e. The average Bonchev–Trinajstić information content (AvgIpc) is 3.58. The van der Waals surface area contributed by atoms with Crippen molar-refractivity contribution in [3.05, 3.63) is 52.9 Å². The quantitative estimate of drug-likeness (QED) is 0.275. The summed E-state index contributed by atoms with van der Waals surface area (Å²) in [6.45, 7) is 0.895. The topological polar surface area (TPSA) is 127 Å². The Balaban J connectivity index is 1.33. The summed E-state index contributed by atoms with van der Waals surface area (Å²) in [6, 6.07) is 11.4. The first-order valence-electron chi connectivity index (χ1n) is 10.6. The fraction of sp³-hybridized carbons (Fsp3) is 0.217. The number of oxazole rings is 1. The normalized spacial score (nSPS) is 11.4. The van der Waals surface area contributed by atoms with Gasteiger partial charge in [0.15, 0.2) is 5.58 Å². The van der Waals surface area contributed by atoms with Crippen molar-refractivity contribution in [1.82, 2.24) is 24.8 Å². The molecule has 3 N–H and O–H groups in total. The third-order valence-electron chi connectivity index (χ3n) is 5.25. The maximum Gasteiger partial charge on any atom is 0.302 e. The fourth-order valence-electron chi connectivity index (χ4n) is 3.55. The Bertz CT molecular complexity index is 1440. The van der Waals surface area contributed by atoms with Crippen molar-refractivity contribution < 1.29 is 19.1 Å². The molecular weight excluding hydrogens is 456 g/mol. The molecule has 0 saturated carbocycles. The van der Waals surface area contributed by atoms with Gasteiger partial charge in [0.2, 0.25) is 5.95 Å². The number of hydrogen-bond acceptors (Lipinski definition) is 9. The lowest BCUT2D eigenvalue weighted by molar-refractivity contribution is 0.0838. The molecular formula is C23H22N6O4S. The molecule has 5 rings (SSSR count). The number of fused-ring (bicyclic) bond motifs is 2. The van der Waals surface area contributed by atoms with Gasteiger partial charge in [-0.25, -0.2) is 9.97 Å². The summed E-state index contributed by atoms with van der Waals surface area (Å²) in [5.41, 5.74) is 7.03. The summed E-state index contributed by atoms with van der Waals surface area (Å²) in [5.74, 6) is 0.320. The molecule has 3 aromatic heterocycles. The van der Waals surface area contributed by atoms with Gasteiger partial charge >= 0.3 is 6.01 Å². The number of ether oxygens (including phenoxy) is 1. The molecule has 0 atom stereocenters. The van der Waals surface area contributed by atoms with Crippen LogP contribution in [0.3, 0.4) is 0 Å². The number of aryl methyl sites for hydroxylation is 1. The van der Waals surface area contributed by atoms with Gasteiger partial charge in [-0.3, -0.25) is 10.1 Å². The second kappa shape index (κ2) is 9.59. The van der Waals surface area contributed by atoms with E-state index in [1.54, 1.807) is 17.6 Å². The van der Waals surface area contributed by atoms with Crippen LogP contribution in [0.15, 0.2) is 51.7 Å². The number of nitrogens with zero attached hydrogens (tertiary/aromatic N) is 4. The molecule has 0 unspecified atom stereocenters. The number of nitrogens with one attached hydrogen (secondary N) is 2. The van der Waals surface area contributed by atoms with E-state index < -0.39 is 0 Å². The third-order valence-corrected chi connectivity index (χ3v) is 5.83. The molecule has 0 saturated heterocycles. The van der Waals surface area contributed by atoms with Crippen LogP contribution in [-0.2, 0) is 11.8 Å². The molecule has 1 amide bonds. The summed E-state index contributed by atoms with van der Waals surface area (Å²) in [4.78, 5) is 25.9. The molecule has 5 aromatic rings. The first-order chi connectivity index (χ1) is 16.6. The van der Waals surface area contributed by atoms with Gasteiger partial charge < -0.3 is 24.1 Å². The van der Waals surface area contributed by atoms with E-state index in [-0.39, 0.29) is 19.1 Å². The first kappa shape index (κ1) is 22.0. The van der Waals surface area contributed by atoms with E-state index in [1.165, 1.54) is 11.3 Å². The van der Waals surface area contributed by atoms with Crippen LogP contribution in [0.4, 0.5) is 12.0 Å². The van der Waals surface area contributed by atoms with Gasteiger partial charge in [-0.1, -0.05) is 6.07 Å². The number of carbonyl (C=O) groups excluding carboxylic acids is 1. The Labute approximate surface area is 198 Å². The molecule has 174 valence electrons. The van der Waals surface area contributed by atoms with E-state index in [4.69, 9.17) is 14.3 Å². The van der Waals surface area contributed by atoms with Crippen molar-refractivity contribution in [2.45, 2.75) is 0 Å². The Morgan fingerprint density at radius 3 is 2.91 bits per heavy atom. The van der Waals surface area contributed by atoms with E-state index in [1.807, 2.05) is 41.3 Å². The van der Waals surface area contributed by atoms with Crippen molar-refractivity contribution >= 4 is 51.3 Å². The second-order valence-electron chi connectivity index (χ2n) is 7.49. The Morgan fingerprint density at radius 2 is 2.09 bits per heavy atom. The maximum atomic E-state index is 12.4. The molecule has 11 heteroatoms. The minimum Gasteiger partial charge on any atom is -0.423 e. The Kier molecular flexibility index (Phi) is 6.21. The lowest BCUT2D eigenvalue weighted by atomic mass is 10.1. The van der Waals surface area contributed by atoms with Gasteiger partial charge in [0.1, 0.15) is 5.52 Å². The molecule has 0 aliphatic carbocycles. The number of aliphatic hydroxyl groups excluding tert-OH is 1. The highest BCUT2D eigenvalue weighted by Crippen LogP contribution is 2.28. The molecule has 2 aromatic carbocycles. The van der Waals surface area contributed by atoms with Crippen LogP contribution in [0.2, 0.25) is 0 Å². The summed E-state index contributed by atoms with van der Waals surface area (Å²) < 4.78 is 12.9. The molecule has 34 heavy (non-hydrogen) atoms. The van der Waals surface area contributed by atoms with E-state index in [2.05, 4.69) is 25.6 Å². The summed E-state index contributed by atoms with van der Waals surface area (Å²) in [5, 5.41) is 16.6. The van der Waals surface area contributed by atoms with Crippen LogP contribution in [0.1, 0.15) is 10.4 Å². The van der Waals surface area contributed by atoms with Gasteiger partial charge in [-0.2, -0.15) is 4.98 Å². The van der Waals surface area contributed by atoms with Gasteiger partial charge in [0.05, 0.1) is 42.1 Å². The van der Waals surface area contributed by atoms with E-state index in [0.29, 0.717) is 41.8 Å². The minimum atomic E-state index is -0.218. The number of anilines is 2. The van der Waals surface area contributed by atoms with Crippen LogP contribution in [-0.4, -0.2) is 56.9 Å². The van der Waals surface area contributed by atoms with Crippen LogP contribution in [0.25, 0.3) is 33.4 Å². The predicted octanol–water partition coefficient (Wildman–Crippen LogP) is 3.32. The number of benzene rings is 2. The zero-order chi connectivity index (χ0) is 23.5. The predicted molar refractivity (Wildman–Crippen MR) is 129 cm³/mol. The number of carbonyl (C=O) groups is 1. The highest BCUT2D eigenvalue weighted by Gasteiger charge is 2.14. The van der Waals surface area contributed by atoms with Gasteiger partial charge in [-0.05, 0) is 30.3 Å². The van der Waals surface area contributed by atoms with Crippen molar-refractivity contribution in [2.24, 2.45) is 7.05 Å². The van der Waals surface area contributed by atoms with Crippen molar-refractivity contribution in [1.29, 1.82) is 0 Å². The lowest BCUT2D eigenvalue weighted by Crippen LogP contribution is -2.27. The Hall–Kier alpha value is -3.80. The van der Waals surface area contributed by atoms with Gasteiger partial charge in [-0.15, -0.1) is 11.3 Å². The highest BCUT2D eigenvalue weighted by molar-refractivity contribution is 7.07. The van der Waals surface area contributed by atoms with Crippen molar-refractivity contribution in [3.63, 3.8) is 0 Å². The molecule has 0 aliphatic rings. The average molecular weight is 479 g/mol. The number of imidazole rings is 1. The van der Waals surface area contributed by atoms with Gasteiger partial charge in [0, 0.05) is 30.1 Å². The van der Waals surface area contributed by atoms with Crippen LogP contribution < -0.4 is 10.6 Å². The number of rotatable bonds is 9. The zero-order valence-electron chi connectivity index (χ0n) is 18.3. The number of aliphatic hydroxyl groups is 1. The maximum absolute atomic E-state index is 12.4. The third kappa shape index (κ3) is 4.49. The SMILES string of the molecule is Cn1c(Nc2nc3ccc(-c4cscn4)cc3o2)nc2cc(C(=O)NCCOCCO)ccc21. The summed E-state index contributed by atoms with van der Waals surface area (Å²) in [6.07, 6.45) is 0.